The number of phenolic OH excluding ortho intramolecular Hbond substituents is 1. The van der Waals surface area contributed by atoms with Gasteiger partial charge in [0.25, 0.3) is 0 Å². The molecule has 0 amide bonds. The molecule has 1 aromatic carbocycles. The second-order valence-electron chi connectivity index (χ2n) is 3.32. The zero-order valence-corrected chi connectivity index (χ0v) is 6.67. The van der Waals surface area contributed by atoms with Gasteiger partial charge in [-0.05, 0) is 42.0 Å². The fourth-order valence-corrected chi connectivity index (χ4v) is 1.80. The topological polar surface area (TPSA) is 20.2 Å². The van der Waals surface area contributed by atoms with E-state index < -0.39 is 0 Å². The summed E-state index contributed by atoms with van der Waals surface area (Å²) in [4.78, 5) is 0. The summed E-state index contributed by atoms with van der Waals surface area (Å²) in [5.41, 5.74) is 2.75. The summed E-state index contributed by atoms with van der Waals surface area (Å²) >= 11 is 0. The van der Waals surface area contributed by atoms with Gasteiger partial charge in [-0.2, -0.15) is 0 Å². The molecule has 0 bridgehead atoms. The van der Waals surface area contributed by atoms with Crippen molar-refractivity contribution >= 4 is 0 Å². The van der Waals surface area contributed by atoms with Crippen LogP contribution in [0.2, 0.25) is 0 Å². The number of fused-ring (bicyclic) bond motifs is 1. The Hall–Kier alpha value is -0.980. The van der Waals surface area contributed by atoms with Crippen LogP contribution in [0.1, 0.15) is 30.4 Å². The number of hydrogen-bond acceptors (Lipinski definition) is 1. The van der Waals surface area contributed by atoms with Gasteiger partial charge >= 0.3 is 0 Å². The van der Waals surface area contributed by atoms with Crippen molar-refractivity contribution in [1.82, 2.24) is 0 Å². The number of rotatable bonds is 0. The Bertz CT molecular complexity index is 278. The Labute approximate surface area is 66.7 Å². The van der Waals surface area contributed by atoms with Crippen LogP contribution < -0.4 is 0 Å². The van der Waals surface area contributed by atoms with Crippen molar-refractivity contribution in [2.75, 3.05) is 0 Å². The third-order valence-corrected chi connectivity index (χ3v) is 2.51. The molecular formula is C10H12O. The van der Waals surface area contributed by atoms with Crippen LogP contribution in [0.15, 0.2) is 18.2 Å². The SMILES string of the molecule is C[C@H]1CCc2ccc(O)cc21. The fraction of sp³-hybridized carbons (Fsp3) is 0.400. The molecule has 1 heteroatoms. The molecule has 0 radical (unpaired) electrons. The largest absolute Gasteiger partial charge is 0.508 e. The van der Waals surface area contributed by atoms with E-state index in [1.807, 2.05) is 12.1 Å². The average Bonchev–Trinajstić information content (AvgIpc) is 2.33. The van der Waals surface area contributed by atoms with Crippen LogP contribution in [0.25, 0.3) is 0 Å². The molecule has 1 aliphatic carbocycles. The first-order valence-electron chi connectivity index (χ1n) is 4.09. The smallest absolute Gasteiger partial charge is 0.115 e. The summed E-state index contributed by atoms with van der Waals surface area (Å²) in [7, 11) is 0. The van der Waals surface area contributed by atoms with Gasteiger partial charge in [0.1, 0.15) is 5.75 Å². The fourth-order valence-electron chi connectivity index (χ4n) is 1.80. The van der Waals surface area contributed by atoms with Gasteiger partial charge < -0.3 is 5.11 Å². The molecular weight excluding hydrogens is 136 g/mol. The van der Waals surface area contributed by atoms with Gasteiger partial charge in [-0.25, -0.2) is 0 Å². The molecule has 11 heavy (non-hydrogen) atoms. The van der Waals surface area contributed by atoms with E-state index in [0.717, 1.165) is 0 Å². The van der Waals surface area contributed by atoms with E-state index in [1.54, 1.807) is 6.07 Å². The molecule has 0 fully saturated rings. The van der Waals surface area contributed by atoms with Crippen molar-refractivity contribution < 1.29 is 5.11 Å². The molecule has 0 saturated heterocycles. The maximum atomic E-state index is 9.21. The lowest BCUT2D eigenvalue weighted by Gasteiger charge is -2.03. The van der Waals surface area contributed by atoms with Gasteiger partial charge in [0, 0.05) is 0 Å². The van der Waals surface area contributed by atoms with Crippen LogP contribution >= 0.6 is 0 Å². The first-order valence-corrected chi connectivity index (χ1v) is 4.09. The number of aryl methyl sites for hydroxylation is 1. The molecule has 0 saturated carbocycles. The van der Waals surface area contributed by atoms with Gasteiger partial charge in [0.2, 0.25) is 0 Å². The molecule has 1 nitrogen and oxygen atoms in total. The van der Waals surface area contributed by atoms with Crippen LogP contribution in [-0.4, -0.2) is 5.11 Å². The number of hydrogen-bond donors (Lipinski definition) is 1. The van der Waals surface area contributed by atoms with Gasteiger partial charge in [-0.3, -0.25) is 0 Å². The van der Waals surface area contributed by atoms with Crippen LogP contribution in [0, 0.1) is 0 Å². The first-order chi connectivity index (χ1) is 5.27. The Morgan fingerprint density at radius 2 is 2.27 bits per heavy atom. The summed E-state index contributed by atoms with van der Waals surface area (Å²) in [5.74, 6) is 1.04. The van der Waals surface area contributed by atoms with Crippen molar-refractivity contribution in [3.63, 3.8) is 0 Å². The van der Waals surface area contributed by atoms with Crippen molar-refractivity contribution in [2.45, 2.75) is 25.7 Å². The van der Waals surface area contributed by atoms with E-state index in [-0.39, 0.29) is 0 Å². The van der Waals surface area contributed by atoms with Gasteiger partial charge in [-0.15, -0.1) is 0 Å². The molecule has 58 valence electrons. The highest BCUT2D eigenvalue weighted by molar-refractivity contribution is 5.39. The highest BCUT2D eigenvalue weighted by Gasteiger charge is 2.17. The third-order valence-electron chi connectivity index (χ3n) is 2.51. The summed E-state index contributed by atoms with van der Waals surface area (Å²) in [6, 6.07) is 5.71. The van der Waals surface area contributed by atoms with Crippen molar-refractivity contribution in [2.24, 2.45) is 0 Å². The van der Waals surface area contributed by atoms with Gasteiger partial charge in [0.15, 0.2) is 0 Å². The summed E-state index contributed by atoms with van der Waals surface area (Å²) < 4.78 is 0. The van der Waals surface area contributed by atoms with Crippen LogP contribution in [0.5, 0.6) is 5.75 Å². The summed E-state index contributed by atoms with van der Waals surface area (Å²) in [6.45, 7) is 2.21. The number of phenols is 1. The molecule has 1 aliphatic rings. The average molecular weight is 148 g/mol. The lowest BCUT2D eigenvalue weighted by atomic mass is 10.0. The van der Waals surface area contributed by atoms with Crippen molar-refractivity contribution in [3.8, 4) is 5.75 Å². The standard InChI is InChI=1S/C10H12O/c1-7-2-3-8-4-5-9(11)6-10(7)8/h4-7,11H,2-3H2,1H3/t7-/m0/s1. The Morgan fingerprint density at radius 3 is 3.09 bits per heavy atom. The minimum Gasteiger partial charge on any atom is -0.508 e. The normalized spacial score (nSPS) is 21.7. The van der Waals surface area contributed by atoms with Gasteiger partial charge in [-0.1, -0.05) is 13.0 Å². The molecule has 0 heterocycles. The molecule has 1 aromatic rings. The van der Waals surface area contributed by atoms with E-state index in [9.17, 15) is 5.11 Å². The molecule has 0 aromatic heterocycles. The zero-order chi connectivity index (χ0) is 7.84. The van der Waals surface area contributed by atoms with E-state index in [2.05, 4.69) is 6.92 Å². The van der Waals surface area contributed by atoms with Crippen LogP contribution in [-0.2, 0) is 6.42 Å². The lowest BCUT2D eigenvalue weighted by Crippen LogP contribution is -1.84. The second-order valence-corrected chi connectivity index (χ2v) is 3.32. The Balaban J connectivity index is 2.52. The molecule has 0 spiro atoms. The maximum Gasteiger partial charge on any atom is 0.115 e. The monoisotopic (exact) mass is 148 g/mol. The lowest BCUT2D eigenvalue weighted by molar-refractivity contribution is 0.474. The summed E-state index contributed by atoms with van der Waals surface area (Å²) in [6.07, 6.45) is 2.41. The highest BCUT2D eigenvalue weighted by Crippen LogP contribution is 2.34. The summed E-state index contributed by atoms with van der Waals surface area (Å²) in [5, 5.41) is 9.21. The zero-order valence-electron chi connectivity index (χ0n) is 6.67. The first kappa shape index (κ1) is 6.71. The third kappa shape index (κ3) is 1.01. The number of aromatic hydroxyl groups is 1. The second kappa shape index (κ2) is 2.26. The van der Waals surface area contributed by atoms with Crippen molar-refractivity contribution in [1.29, 1.82) is 0 Å². The Morgan fingerprint density at radius 1 is 1.45 bits per heavy atom. The van der Waals surface area contributed by atoms with E-state index >= 15 is 0 Å². The predicted molar refractivity (Wildman–Crippen MR) is 44.8 cm³/mol. The molecule has 1 N–H and O–H groups in total. The minimum absolute atomic E-state index is 0.400. The van der Waals surface area contributed by atoms with Gasteiger partial charge in [0.05, 0.1) is 0 Å². The van der Waals surface area contributed by atoms with E-state index in [4.69, 9.17) is 0 Å². The Kier molecular flexibility index (Phi) is 1.38. The van der Waals surface area contributed by atoms with E-state index in [1.165, 1.54) is 24.0 Å². The molecule has 1 atom stereocenters. The molecule has 0 unspecified atom stereocenters. The van der Waals surface area contributed by atoms with Crippen LogP contribution in [0.3, 0.4) is 0 Å². The number of benzene rings is 1. The quantitative estimate of drug-likeness (QED) is 0.599. The molecule has 0 aliphatic heterocycles. The van der Waals surface area contributed by atoms with Crippen LogP contribution in [0.4, 0.5) is 0 Å². The molecule has 2 rings (SSSR count). The van der Waals surface area contributed by atoms with Crippen molar-refractivity contribution in [3.05, 3.63) is 29.3 Å². The van der Waals surface area contributed by atoms with E-state index in [0.29, 0.717) is 11.7 Å². The minimum atomic E-state index is 0.400. The highest BCUT2D eigenvalue weighted by atomic mass is 16.3. The maximum absolute atomic E-state index is 9.21. The predicted octanol–water partition coefficient (Wildman–Crippen LogP) is 2.44.